The summed E-state index contributed by atoms with van der Waals surface area (Å²) in [7, 11) is 2.01. The van der Waals surface area contributed by atoms with Crippen LogP contribution in [0.4, 0.5) is 8.78 Å². The summed E-state index contributed by atoms with van der Waals surface area (Å²) in [6.45, 7) is -1.38. The molecule has 0 fully saturated rings. The Hall–Kier alpha value is -1.27. The summed E-state index contributed by atoms with van der Waals surface area (Å²) in [5.41, 5.74) is 1.74. The fourth-order valence-corrected chi connectivity index (χ4v) is 2.68. The number of hydrogen-bond acceptors (Lipinski definition) is 4. The lowest BCUT2D eigenvalue weighted by atomic mass is 10.0. The van der Waals surface area contributed by atoms with Gasteiger partial charge in [-0.2, -0.15) is 8.78 Å². The maximum Gasteiger partial charge on any atom is 0.389 e. The van der Waals surface area contributed by atoms with Crippen LogP contribution in [0, 0.1) is 0 Å². The fraction of sp³-hybridized carbons (Fsp3) is 0.417. The number of nitrogens with zero attached hydrogens (tertiary/aromatic N) is 1. The maximum atomic E-state index is 12.0. The van der Waals surface area contributed by atoms with Gasteiger partial charge in [-0.05, 0) is 30.5 Å². The Morgan fingerprint density at radius 3 is 2.94 bits per heavy atom. The molecule has 0 spiro atoms. The van der Waals surface area contributed by atoms with E-state index in [9.17, 15) is 13.6 Å². The van der Waals surface area contributed by atoms with Crippen molar-refractivity contribution in [3.05, 3.63) is 28.0 Å². The van der Waals surface area contributed by atoms with Crippen molar-refractivity contribution in [1.29, 1.82) is 0 Å². The number of carbonyl (C=O) groups excluding carboxylic acids is 1. The van der Waals surface area contributed by atoms with Gasteiger partial charge in [0, 0.05) is 18.7 Å². The summed E-state index contributed by atoms with van der Waals surface area (Å²) >= 11 is 1.13. The molecular weight excluding hydrogens is 260 g/mol. The Morgan fingerprint density at radius 1 is 1.56 bits per heavy atom. The summed E-state index contributed by atoms with van der Waals surface area (Å²) in [5, 5.41) is 1.72. The van der Waals surface area contributed by atoms with E-state index in [2.05, 4.69) is 9.64 Å². The van der Waals surface area contributed by atoms with Crippen molar-refractivity contribution < 1.29 is 18.3 Å². The van der Waals surface area contributed by atoms with E-state index in [0.29, 0.717) is 0 Å². The first-order valence-corrected chi connectivity index (χ1v) is 6.40. The SMILES string of the molecule is CN1CC=C(c2ccsc2C(=O)OC(F)F)CC1. The molecule has 1 aromatic rings. The Bertz CT molecular complexity index is 470. The van der Waals surface area contributed by atoms with Gasteiger partial charge in [-0.15, -0.1) is 11.3 Å². The third kappa shape index (κ3) is 2.94. The maximum absolute atomic E-state index is 12.0. The first-order chi connectivity index (χ1) is 8.58. The summed E-state index contributed by atoms with van der Waals surface area (Å²) in [6.07, 6.45) is 2.83. The predicted octanol–water partition coefficient (Wildman–Crippen LogP) is 2.85. The quantitative estimate of drug-likeness (QED) is 0.793. The highest BCUT2D eigenvalue weighted by Gasteiger charge is 2.21. The summed E-state index contributed by atoms with van der Waals surface area (Å²) in [6, 6.07) is 1.78. The second-order valence-corrected chi connectivity index (χ2v) is 4.99. The Morgan fingerprint density at radius 2 is 2.33 bits per heavy atom. The van der Waals surface area contributed by atoms with Crippen LogP contribution < -0.4 is 0 Å². The van der Waals surface area contributed by atoms with Crippen LogP contribution in [-0.4, -0.2) is 37.6 Å². The molecule has 1 aromatic heterocycles. The number of thiophene rings is 1. The number of likely N-dealkylation sites (N-methyl/N-ethyl adjacent to an activating group) is 1. The normalized spacial score (nSPS) is 16.8. The van der Waals surface area contributed by atoms with E-state index in [-0.39, 0.29) is 4.88 Å². The van der Waals surface area contributed by atoms with Crippen LogP contribution in [0.3, 0.4) is 0 Å². The highest BCUT2D eigenvalue weighted by molar-refractivity contribution is 7.12. The molecule has 98 valence electrons. The molecule has 0 radical (unpaired) electrons. The van der Waals surface area contributed by atoms with Crippen LogP contribution in [-0.2, 0) is 4.74 Å². The third-order valence-electron chi connectivity index (χ3n) is 2.80. The molecule has 0 saturated carbocycles. The average molecular weight is 273 g/mol. The van der Waals surface area contributed by atoms with E-state index in [1.54, 1.807) is 11.4 Å². The number of alkyl halides is 2. The molecule has 0 amide bonds. The molecule has 6 heteroatoms. The van der Waals surface area contributed by atoms with Gasteiger partial charge in [0.05, 0.1) is 0 Å². The molecule has 0 N–H and O–H groups in total. The van der Waals surface area contributed by atoms with E-state index in [1.165, 1.54) is 0 Å². The van der Waals surface area contributed by atoms with Crippen molar-refractivity contribution in [3.8, 4) is 0 Å². The third-order valence-corrected chi connectivity index (χ3v) is 3.70. The molecule has 0 unspecified atom stereocenters. The molecule has 0 saturated heterocycles. The van der Waals surface area contributed by atoms with Gasteiger partial charge in [-0.1, -0.05) is 6.08 Å². The number of esters is 1. The summed E-state index contributed by atoms with van der Waals surface area (Å²) < 4.78 is 28.0. The molecule has 1 aliphatic rings. The highest BCUT2D eigenvalue weighted by Crippen LogP contribution is 2.29. The average Bonchev–Trinajstić information content (AvgIpc) is 2.78. The van der Waals surface area contributed by atoms with Gasteiger partial charge in [-0.3, -0.25) is 0 Å². The predicted molar refractivity (Wildman–Crippen MR) is 65.8 cm³/mol. The van der Waals surface area contributed by atoms with Gasteiger partial charge in [0.2, 0.25) is 0 Å². The van der Waals surface area contributed by atoms with Crippen molar-refractivity contribution in [2.45, 2.75) is 13.0 Å². The monoisotopic (exact) mass is 273 g/mol. The van der Waals surface area contributed by atoms with Crippen LogP contribution in [0.25, 0.3) is 5.57 Å². The minimum absolute atomic E-state index is 0.256. The van der Waals surface area contributed by atoms with Gasteiger partial charge in [0.15, 0.2) is 0 Å². The van der Waals surface area contributed by atoms with Gasteiger partial charge in [0.1, 0.15) is 4.88 Å². The molecule has 0 atom stereocenters. The van der Waals surface area contributed by atoms with Crippen molar-refractivity contribution in [3.63, 3.8) is 0 Å². The number of ether oxygens (including phenoxy) is 1. The van der Waals surface area contributed by atoms with Crippen LogP contribution in [0.1, 0.15) is 21.7 Å². The molecule has 1 aliphatic heterocycles. The van der Waals surface area contributed by atoms with Gasteiger partial charge in [0.25, 0.3) is 0 Å². The molecule has 2 heterocycles. The molecule has 0 aliphatic carbocycles. The van der Waals surface area contributed by atoms with E-state index in [0.717, 1.165) is 42.0 Å². The lowest BCUT2D eigenvalue weighted by molar-refractivity contribution is -0.0903. The Balaban J connectivity index is 2.20. The van der Waals surface area contributed by atoms with Crippen molar-refractivity contribution in [2.24, 2.45) is 0 Å². The molecule has 0 bridgehead atoms. The van der Waals surface area contributed by atoms with E-state index in [4.69, 9.17) is 0 Å². The zero-order chi connectivity index (χ0) is 13.1. The molecule has 0 aromatic carbocycles. The first-order valence-electron chi connectivity index (χ1n) is 5.52. The van der Waals surface area contributed by atoms with Crippen molar-refractivity contribution >= 4 is 22.9 Å². The standard InChI is InChI=1S/C12H13F2NO2S/c1-15-5-2-8(3-6-15)9-4-7-18-10(9)11(16)17-12(13)14/h2,4,7,12H,3,5-6H2,1H3. The second-order valence-electron chi connectivity index (χ2n) is 4.07. The second kappa shape index (κ2) is 5.58. The first kappa shape index (κ1) is 13.2. The lowest BCUT2D eigenvalue weighted by Crippen LogP contribution is -2.24. The van der Waals surface area contributed by atoms with Gasteiger partial charge < -0.3 is 9.64 Å². The zero-order valence-electron chi connectivity index (χ0n) is 9.86. The molecule has 2 rings (SSSR count). The number of hydrogen-bond donors (Lipinski definition) is 0. The number of rotatable bonds is 3. The van der Waals surface area contributed by atoms with Crippen LogP contribution in [0.2, 0.25) is 0 Å². The van der Waals surface area contributed by atoms with Crippen molar-refractivity contribution in [2.75, 3.05) is 20.1 Å². The van der Waals surface area contributed by atoms with E-state index < -0.39 is 12.6 Å². The Kier molecular flexibility index (Phi) is 4.08. The van der Waals surface area contributed by atoms with Gasteiger partial charge in [-0.25, -0.2) is 4.79 Å². The van der Waals surface area contributed by atoms with Crippen LogP contribution in [0.15, 0.2) is 17.5 Å². The van der Waals surface area contributed by atoms with Crippen molar-refractivity contribution in [1.82, 2.24) is 4.90 Å². The summed E-state index contributed by atoms with van der Waals surface area (Å²) in [4.78, 5) is 13.9. The van der Waals surface area contributed by atoms with Crippen LogP contribution >= 0.6 is 11.3 Å². The summed E-state index contributed by atoms with van der Waals surface area (Å²) in [5.74, 6) is -0.949. The smallest absolute Gasteiger partial charge is 0.389 e. The topological polar surface area (TPSA) is 29.5 Å². The minimum Gasteiger partial charge on any atom is -0.399 e. The number of carbonyl (C=O) groups is 1. The van der Waals surface area contributed by atoms with Gasteiger partial charge >= 0.3 is 12.6 Å². The molecule has 3 nitrogen and oxygen atoms in total. The number of halogens is 2. The zero-order valence-corrected chi connectivity index (χ0v) is 10.7. The molecular formula is C12H13F2NO2S. The lowest BCUT2D eigenvalue weighted by Gasteiger charge is -2.22. The largest absolute Gasteiger partial charge is 0.399 e. The fourth-order valence-electron chi connectivity index (χ4n) is 1.87. The molecule has 18 heavy (non-hydrogen) atoms. The van der Waals surface area contributed by atoms with E-state index in [1.807, 2.05) is 13.1 Å². The minimum atomic E-state index is -3.07. The van der Waals surface area contributed by atoms with Crippen LogP contribution in [0.5, 0.6) is 0 Å². The highest BCUT2D eigenvalue weighted by atomic mass is 32.1. The Labute approximate surface area is 108 Å². The van der Waals surface area contributed by atoms with E-state index >= 15 is 0 Å².